The molecule has 0 saturated heterocycles. The molecule has 5 nitrogen and oxygen atoms in total. The highest BCUT2D eigenvalue weighted by Gasteiger charge is 2.12. The number of aryl methyl sites for hydroxylation is 1. The van der Waals surface area contributed by atoms with Gasteiger partial charge in [-0.25, -0.2) is 4.68 Å². The lowest BCUT2D eigenvalue weighted by atomic mass is 10.2. The largest absolute Gasteiger partial charge is 0.298 e. The molecule has 0 aliphatic heterocycles. The van der Waals surface area contributed by atoms with Gasteiger partial charge in [0, 0.05) is 24.5 Å². The summed E-state index contributed by atoms with van der Waals surface area (Å²) in [6.45, 7) is 2.88. The van der Waals surface area contributed by atoms with E-state index in [0.29, 0.717) is 11.3 Å². The Hall–Kier alpha value is -2.69. The fourth-order valence-electron chi connectivity index (χ4n) is 2.26. The Bertz CT molecular complexity index is 743. The van der Waals surface area contributed by atoms with Crippen LogP contribution in [0.1, 0.15) is 23.7 Å². The predicted octanol–water partition coefficient (Wildman–Crippen LogP) is 2.96. The number of aromatic nitrogens is 4. The zero-order chi connectivity index (χ0) is 14.7. The maximum absolute atomic E-state index is 11.2. The fraction of sp³-hybridized carbons (Fsp3) is 0.188. The van der Waals surface area contributed by atoms with Gasteiger partial charge in [0.1, 0.15) is 5.69 Å². The van der Waals surface area contributed by atoms with Crippen molar-refractivity contribution in [3.8, 4) is 16.9 Å². The molecule has 0 bridgehead atoms. The summed E-state index contributed by atoms with van der Waals surface area (Å²) in [5.74, 6) is 0. The molecule has 0 N–H and O–H groups in total. The summed E-state index contributed by atoms with van der Waals surface area (Å²) in [6, 6.07) is 9.85. The van der Waals surface area contributed by atoms with Crippen molar-refractivity contribution in [2.24, 2.45) is 0 Å². The molecule has 0 atom stereocenters. The van der Waals surface area contributed by atoms with Gasteiger partial charge >= 0.3 is 0 Å². The minimum Gasteiger partial charge on any atom is -0.298 e. The van der Waals surface area contributed by atoms with E-state index in [1.54, 1.807) is 21.8 Å². The van der Waals surface area contributed by atoms with Crippen LogP contribution in [0.25, 0.3) is 16.9 Å². The van der Waals surface area contributed by atoms with E-state index in [1.165, 1.54) is 0 Å². The van der Waals surface area contributed by atoms with Crippen LogP contribution in [0.2, 0.25) is 0 Å². The molecule has 0 aliphatic carbocycles. The van der Waals surface area contributed by atoms with Gasteiger partial charge in [-0.1, -0.05) is 25.1 Å². The molecular formula is C16H16N4O. The van der Waals surface area contributed by atoms with Crippen LogP contribution in [0.3, 0.4) is 0 Å². The number of hydrogen-bond donors (Lipinski definition) is 0. The Labute approximate surface area is 122 Å². The van der Waals surface area contributed by atoms with Crippen molar-refractivity contribution in [3.63, 3.8) is 0 Å². The SMILES string of the molecule is CCCn1cc(C=O)c(-c2cnn(-c3ccccc3)c2)n1. The van der Waals surface area contributed by atoms with E-state index in [2.05, 4.69) is 17.1 Å². The molecule has 2 heterocycles. The van der Waals surface area contributed by atoms with Crippen molar-refractivity contribution in [1.82, 2.24) is 19.6 Å². The Morgan fingerprint density at radius 2 is 2.00 bits per heavy atom. The quantitative estimate of drug-likeness (QED) is 0.675. The molecule has 0 unspecified atom stereocenters. The first-order valence-corrected chi connectivity index (χ1v) is 6.95. The highest BCUT2D eigenvalue weighted by atomic mass is 16.1. The third-order valence-corrected chi connectivity index (χ3v) is 3.25. The van der Waals surface area contributed by atoms with Gasteiger partial charge in [0.25, 0.3) is 0 Å². The fourth-order valence-corrected chi connectivity index (χ4v) is 2.26. The maximum Gasteiger partial charge on any atom is 0.153 e. The first-order chi connectivity index (χ1) is 10.3. The Morgan fingerprint density at radius 1 is 1.19 bits per heavy atom. The van der Waals surface area contributed by atoms with Gasteiger partial charge in [0.15, 0.2) is 6.29 Å². The maximum atomic E-state index is 11.2. The lowest BCUT2D eigenvalue weighted by Crippen LogP contribution is -1.96. The monoisotopic (exact) mass is 280 g/mol. The van der Waals surface area contributed by atoms with Gasteiger partial charge in [-0.3, -0.25) is 9.48 Å². The summed E-state index contributed by atoms with van der Waals surface area (Å²) in [5, 5.41) is 8.83. The molecule has 1 aromatic carbocycles. The Balaban J connectivity index is 1.98. The standard InChI is InChI=1S/C16H16N4O/c1-2-8-19-10-14(12-21)16(18-19)13-9-17-20(11-13)15-6-4-3-5-7-15/h3-7,9-12H,2,8H2,1H3. The summed E-state index contributed by atoms with van der Waals surface area (Å²) in [7, 11) is 0. The summed E-state index contributed by atoms with van der Waals surface area (Å²) in [4.78, 5) is 11.2. The number of benzene rings is 1. The molecule has 0 saturated carbocycles. The number of carbonyl (C=O) groups is 1. The molecular weight excluding hydrogens is 264 g/mol. The average Bonchev–Trinajstić information content (AvgIpc) is 3.14. The summed E-state index contributed by atoms with van der Waals surface area (Å²) < 4.78 is 3.59. The molecule has 0 radical (unpaired) electrons. The number of nitrogens with zero attached hydrogens (tertiary/aromatic N) is 4. The van der Waals surface area contributed by atoms with Crippen LogP contribution in [0.5, 0.6) is 0 Å². The summed E-state index contributed by atoms with van der Waals surface area (Å²) in [6.07, 6.45) is 7.22. The van der Waals surface area contributed by atoms with Crippen LogP contribution in [0.15, 0.2) is 48.9 Å². The highest BCUT2D eigenvalue weighted by Crippen LogP contribution is 2.21. The van der Waals surface area contributed by atoms with Crippen LogP contribution in [0.4, 0.5) is 0 Å². The lowest BCUT2D eigenvalue weighted by Gasteiger charge is -1.99. The van der Waals surface area contributed by atoms with E-state index < -0.39 is 0 Å². The van der Waals surface area contributed by atoms with E-state index in [1.807, 2.05) is 36.5 Å². The number of hydrogen-bond acceptors (Lipinski definition) is 3. The van der Waals surface area contributed by atoms with Crippen LogP contribution in [-0.4, -0.2) is 25.8 Å². The smallest absolute Gasteiger partial charge is 0.153 e. The molecule has 5 heteroatoms. The Kier molecular flexibility index (Phi) is 3.64. The highest BCUT2D eigenvalue weighted by molar-refractivity contribution is 5.85. The second-order valence-electron chi connectivity index (χ2n) is 4.82. The summed E-state index contributed by atoms with van der Waals surface area (Å²) >= 11 is 0. The van der Waals surface area contributed by atoms with E-state index in [0.717, 1.165) is 30.5 Å². The average molecular weight is 280 g/mol. The molecule has 2 aromatic heterocycles. The third kappa shape index (κ3) is 2.63. The number of rotatable bonds is 5. The van der Waals surface area contributed by atoms with Gasteiger partial charge in [0.05, 0.1) is 17.4 Å². The molecule has 106 valence electrons. The first-order valence-electron chi connectivity index (χ1n) is 6.95. The molecule has 0 fully saturated rings. The minimum absolute atomic E-state index is 0.594. The van der Waals surface area contributed by atoms with Crippen molar-refractivity contribution < 1.29 is 4.79 Å². The summed E-state index contributed by atoms with van der Waals surface area (Å²) in [5.41, 5.74) is 3.09. The molecule has 3 rings (SSSR count). The topological polar surface area (TPSA) is 52.7 Å². The van der Waals surface area contributed by atoms with Crippen molar-refractivity contribution >= 4 is 6.29 Å². The van der Waals surface area contributed by atoms with Crippen LogP contribution >= 0.6 is 0 Å². The number of para-hydroxylation sites is 1. The van der Waals surface area contributed by atoms with E-state index in [9.17, 15) is 4.79 Å². The van der Waals surface area contributed by atoms with Crippen LogP contribution in [-0.2, 0) is 6.54 Å². The zero-order valence-electron chi connectivity index (χ0n) is 11.8. The predicted molar refractivity (Wildman–Crippen MR) is 80.5 cm³/mol. The van der Waals surface area contributed by atoms with Crippen molar-refractivity contribution in [2.45, 2.75) is 19.9 Å². The minimum atomic E-state index is 0.594. The van der Waals surface area contributed by atoms with E-state index in [-0.39, 0.29) is 0 Å². The van der Waals surface area contributed by atoms with Crippen molar-refractivity contribution in [2.75, 3.05) is 0 Å². The van der Waals surface area contributed by atoms with Crippen LogP contribution in [0, 0.1) is 0 Å². The Morgan fingerprint density at radius 3 is 2.71 bits per heavy atom. The number of aldehydes is 1. The van der Waals surface area contributed by atoms with Gasteiger partial charge < -0.3 is 0 Å². The zero-order valence-corrected chi connectivity index (χ0v) is 11.8. The van der Waals surface area contributed by atoms with E-state index in [4.69, 9.17) is 0 Å². The van der Waals surface area contributed by atoms with Gasteiger partial charge in [-0.2, -0.15) is 10.2 Å². The third-order valence-electron chi connectivity index (χ3n) is 3.25. The first kappa shape index (κ1) is 13.3. The number of carbonyl (C=O) groups excluding carboxylic acids is 1. The normalized spacial score (nSPS) is 10.7. The molecule has 3 aromatic rings. The molecule has 0 aliphatic rings. The lowest BCUT2D eigenvalue weighted by molar-refractivity contribution is 0.112. The van der Waals surface area contributed by atoms with Crippen molar-refractivity contribution in [1.29, 1.82) is 0 Å². The molecule has 0 amide bonds. The second-order valence-corrected chi connectivity index (χ2v) is 4.82. The van der Waals surface area contributed by atoms with Crippen LogP contribution < -0.4 is 0 Å². The molecule has 21 heavy (non-hydrogen) atoms. The van der Waals surface area contributed by atoms with Gasteiger partial charge in [0.2, 0.25) is 0 Å². The van der Waals surface area contributed by atoms with Crippen molar-refractivity contribution in [3.05, 3.63) is 54.5 Å². The van der Waals surface area contributed by atoms with Gasteiger partial charge in [-0.15, -0.1) is 0 Å². The van der Waals surface area contributed by atoms with Gasteiger partial charge in [-0.05, 0) is 18.6 Å². The second kappa shape index (κ2) is 5.75. The molecule has 0 spiro atoms. The van der Waals surface area contributed by atoms with E-state index >= 15 is 0 Å².